The Labute approximate surface area is 129 Å². The first-order chi connectivity index (χ1) is 8.88. The van der Waals surface area contributed by atoms with E-state index >= 15 is 0 Å². The van der Waals surface area contributed by atoms with Crippen LogP contribution in [0.3, 0.4) is 0 Å². The summed E-state index contributed by atoms with van der Waals surface area (Å²) >= 11 is 6.59. The SMILES string of the molecule is Cc1cc(Br)cc(NS(=O)(=O)c2ccccc2Br)c1. The van der Waals surface area contributed by atoms with Gasteiger partial charge in [-0.25, -0.2) is 8.42 Å². The number of benzene rings is 2. The molecule has 0 aliphatic carbocycles. The molecule has 2 rings (SSSR count). The molecule has 0 aromatic heterocycles. The first-order valence-electron chi connectivity index (χ1n) is 5.43. The van der Waals surface area contributed by atoms with Crippen molar-refractivity contribution in [2.45, 2.75) is 11.8 Å². The zero-order valence-corrected chi connectivity index (χ0v) is 14.0. The molecule has 6 heteroatoms. The summed E-state index contributed by atoms with van der Waals surface area (Å²) in [7, 11) is -3.60. The molecule has 2 aromatic rings. The largest absolute Gasteiger partial charge is 0.280 e. The third kappa shape index (κ3) is 3.58. The molecule has 19 heavy (non-hydrogen) atoms. The van der Waals surface area contributed by atoms with Crippen LogP contribution >= 0.6 is 31.9 Å². The number of rotatable bonds is 3. The van der Waals surface area contributed by atoms with Crippen molar-refractivity contribution in [2.75, 3.05) is 4.72 Å². The predicted molar refractivity (Wildman–Crippen MR) is 83.8 cm³/mol. The molecule has 0 unspecified atom stereocenters. The molecule has 0 fully saturated rings. The Balaban J connectivity index is 2.39. The van der Waals surface area contributed by atoms with Crippen molar-refractivity contribution in [1.29, 1.82) is 0 Å². The van der Waals surface area contributed by atoms with Crippen molar-refractivity contribution in [1.82, 2.24) is 0 Å². The van der Waals surface area contributed by atoms with Crippen LogP contribution in [0, 0.1) is 6.92 Å². The molecule has 0 atom stereocenters. The molecule has 0 aliphatic heterocycles. The highest BCUT2D eigenvalue weighted by molar-refractivity contribution is 9.10. The lowest BCUT2D eigenvalue weighted by atomic mass is 10.2. The summed E-state index contributed by atoms with van der Waals surface area (Å²) in [6.45, 7) is 1.90. The molecule has 0 aliphatic rings. The minimum Gasteiger partial charge on any atom is -0.280 e. The van der Waals surface area contributed by atoms with Gasteiger partial charge in [0.05, 0.1) is 5.69 Å². The summed E-state index contributed by atoms with van der Waals surface area (Å²) in [5.74, 6) is 0. The van der Waals surface area contributed by atoms with Crippen molar-refractivity contribution in [3.05, 3.63) is 57.0 Å². The Morgan fingerprint density at radius 1 is 1.05 bits per heavy atom. The van der Waals surface area contributed by atoms with Crippen LogP contribution < -0.4 is 4.72 Å². The third-order valence-corrected chi connectivity index (χ3v) is 5.27. The van der Waals surface area contributed by atoms with Gasteiger partial charge >= 0.3 is 0 Å². The summed E-state index contributed by atoms with van der Waals surface area (Å²) < 4.78 is 28.5. The smallest absolute Gasteiger partial charge is 0.263 e. The van der Waals surface area contributed by atoms with E-state index in [1.54, 1.807) is 36.4 Å². The highest BCUT2D eigenvalue weighted by atomic mass is 79.9. The fourth-order valence-corrected chi connectivity index (χ4v) is 4.32. The molecule has 0 saturated carbocycles. The standard InChI is InChI=1S/C13H11Br2NO2S/c1-9-6-10(14)8-11(7-9)16-19(17,18)13-5-3-2-4-12(13)15/h2-8,16H,1H3. The second-order valence-corrected chi connectivity index (χ2v) is 7.47. The van der Waals surface area contributed by atoms with E-state index in [4.69, 9.17) is 0 Å². The number of anilines is 1. The molecule has 0 bridgehead atoms. The first-order valence-corrected chi connectivity index (χ1v) is 8.50. The van der Waals surface area contributed by atoms with Crippen LogP contribution in [0.4, 0.5) is 5.69 Å². The van der Waals surface area contributed by atoms with Gasteiger partial charge in [-0.15, -0.1) is 0 Å². The molecule has 1 N–H and O–H groups in total. The number of halogens is 2. The van der Waals surface area contributed by atoms with Gasteiger partial charge in [0.15, 0.2) is 0 Å². The van der Waals surface area contributed by atoms with Gasteiger partial charge in [-0.2, -0.15) is 0 Å². The van der Waals surface area contributed by atoms with Crippen LogP contribution in [0.2, 0.25) is 0 Å². The second kappa shape index (κ2) is 5.64. The van der Waals surface area contributed by atoms with E-state index in [2.05, 4.69) is 36.6 Å². The molecule has 0 heterocycles. The number of hydrogen-bond acceptors (Lipinski definition) is 2. The average Bonchev–Trinajstić information content (AvgIpc) is 2.26. The maximum absolute atomic E-state index is 12.3. The lowest BCUT2D eigenvalue weighted by Gasteiger charge is -2.10. The lowest BCUT2D eigenvalue weighted by Crippen LogP contribution is -2.13. The van der Waals surface area contributed by atoms with E-state index in [1.165, 1.54) is 0 Å². The second-order valence-electron chi connectivity index (χ2n) is 4.05. The van der Waals surface area contributed by atoms with E-state index in [0.717, 1.165) is 10.0 Å². The normalized spacial score (nSPS) is 11.3. The summed E-state index contributed by atoms with van der Waals surface area (Å²) in [6, 6.07) is 12.1. The molecule has 0 amide bonds. The quantitative estimate of drug-likeness (QED) is 0.827. The third-order valence-electron chi connectivity index (χ3n) is 2.42. The van der Waals surface area contributed by atoms with Crippen LogP contribution in [0.15, 0.2) is 56.3 Å². The van der Waals surface area contributed by atoms with Crippen LogP contribution in [0.5, 0.6) is 0 Å². The fourth-order valence-electron chi connectivity index (χ4n) is 1.67. The van der Waals surface area contributed by atoms with E-state index in [0.29, 0.717) is 10.2 Å². The Hall–Kier alpha value is -0.850. The van der Waals surface area contributed by atoms with Gasteiger partial charge in [0.1, 0.15) is 4.90 Å². The first kappa shape index (κ1) is 14.6. The molecule has 0 spiro atoms. The number of hydrogen-bond donors (Lipinski definition) is 1. The summed E-state index contributed by atoms with van der Waals surface area (Å²) in [4.78, 5) is 0.215. The van der Waals surface area contributed by atoms with Crippen molar-refractivity contribution < 1.29 is 8.42 Å². The van der Waals surface area contributed by atoms with E-state index in [1.807, 2.05) is 13.0 Å². The van der Waals surface area contributed by atoms with Gasteiger partial charge in [-0.05, 0) is 58.7 Å². The zero-order chi connectivity index (χ0) is 14.0. The summed E-state index contributed by atoms with van der Waals surface area (Å²) in [5, 5.41) is 0. The minimum atomic E-state index is -3.60. The van der Waals surface area contributed by atoms with Gasteiger partial charge in [0.25, 0.3) is 10.0 Å². The summed E-state index contributed by atoms with van der Waals surface area (Å²) in [5.41, 5.74) is 1.50. The topological polar surface area (TPSA) is 46.2 Å². The molecule has 0 saturated heterocycles. The van der Waals surface area contributed by atoms with Crippen molar-refractivity contribution in [2.24, 2.45) is 0 Å². The highest BCUT2D eigenvalue weighted by Crippen LogP contribution is 2.25. The number of sulfonamides is 1. The summed E-state index contributed by atoms with van der Waals surface area (Å²) in [6.07, 6.45) is 0. The predicted octanol–water partition coefficient (Wildman–Crippen LogP) is 4.32. The molecule has 100 valence electrons. The molecule has 2 aromatic carbocycles. The van der Waals surface area contributed by atoms with E-state index < -0.39 is 10.0 Å². The van der Waals surface area contributed by atoms with Gasteiger partial charge in [-0.3, -0.25) is 4.72 Å². The Bertz CT molecular complexity index is 694. The highest BCUT2D eigenvalue weighted by Gasteiger charge is 2.17. The molecule has 3 nitrogen and oxygen atoms in total. The van der Waals surface area contributed by atoms with Gasteiger partial charge < -0.3 is 0 Å². The maximum atomic E-state index is 12.3. The maximum Gasteiger partial charge on any atom is 0.263 e. The molecule has 0 radical (unpaired) electrons. The van der Waals surface area contributed by atoms with E-state index in [-0.39, 0.29) is 4.90 Å². The average molecular weight is 405 g/mol. The lowest BCUT2D eigenvalue weighted by molar-refractivity contribution is 0.601. The Kier molecular flexibility index (Phi) is 4.32. The van der Waals surface area contributed by atoms with Crippen molar-refractivity contribution >= 4 is 47.6 Å². The van der Waals surface area contributed by atoms with Crippen LogP contribution in [-0.4, -0.2) is 8.42 Å². The van der Waals surface area contributed by atoms with Crippen LogP contribution in [0.1, 0.15) is 5.56 Å². The molecular formula is C13H11Br2NO2S. The van der Waals surface area contributed by atoms with Gasteiger partial charge in [0, 0.05) is 8.95 Å². The Morgan fingerprint density at radius 2 is 1.74 bits per heavy atom. The minimum absolute atomic E-state index is 0.215. The van der Waals surface area contributed by atoms with Crippen LogP contribution in [0.25, 0.3) is 0 Å². The van der Waals surface area contributed by atoms with Crippen LogP contribution in [-0.2, 0) is 10.0 Å². The van der Waals surface area contributed by atoms with Crippen molar-refractivity contribution in [3.63, 3.8) is 0 Å². The molecular weight excluding hydrogens is 394 g/mol. The van der Waals surface area contributed by atoms with Gasteiger partial charge in [-0.1, -0.05) is 28.1 Å². The monoisotopic (exact) mass is 403 g/mol. The van der Waals surface area contributed by atoms with Crippen molar-refractivity contribution in [3.8, 4) is 0 Å². The fraction of sp³-hybridized carbons (Fsp3) is 0.0769. The number of nitrogens with one attached hydrogen (secondary N) is 1. The van der Waals surface area contributed by atoms with E-state index in [9.17, 15) is 8.42 Å². The number of aryl methyl sites for hydroxylation is 1. The van der Waals surface area contributed by atoms with Gasteiger partial charge in [0.2, 0.25) is 0 Å². The zero-order valence-electron chi connectivity index (χ0n) is 10.0. The Morgan fingerprint density at radius 3 is 2.37 bits per heavy atom.